The van der Waals surface area contributed by atoms with E-state index in [1.54, 1.807) is 6.92 Å². The molecule has 108 valence electrons. The quantitative estimate of drug-likeness (QED) is 0.848. The van der Waals surface area contributed by atoms with Crippen LogP contribution in [0.3, 0.4) is 0 Å². The van der Waals surface area contributed by atoms with Crippen LogP contribution in [0.25, 0.3) is 11.5 Å². The first-order chi connectivity index (χ1) is 9.46. The van der Waals surface area contributed by atoms with Crippen LogP contribution in [0, 0.1) is 5.41 Å². The lowest BCUT2D eigenvalue weighted by atomic mass is 9.87. The van der Waals surface area contributed by atoms with Gasteiger partial charge in [-0.2, -0.15) is 4.98 Å². The van der Waals surface area contributed by atoms with Crippen molar-refractivity contribution in [2.24, 2.45) is 5.41 Å². The Balaban J connectivity index is 1.97. The summed E-state index contributed by atoms with van der Waals surface area (Å²) in [5, 5.41) is 16.5. The third-order valence-electron chi connectivity index (χ3n) is 3.02. The maximum absolute atomic E-state index is 9.46. The molecule has 0 bridgehead atoms. The smallest absolute Gasteiger partial charge is 0.263 e. The Morgan fingerprint density at radius 1 is 1.30 bits per heavy atom. The minimum atomic E-state index is -0.322. The van der Waals surface area contributed by atoms with E-state index in [2.05, 4.69) is 29.3 Å². The minimum absolute atomic E-state index is 0.0400. The summed E-state index contributed by atoms with van der Waals surface area (Å²) in [4.78, 5) is 4.31. The summed E-state index contributed by atoms with van der Waals surface area (Å²) < 4.78 is 5.22. The van der Waals surface area contributed by atoms with Crippen molar-refractivity contribution in [1.82, 2.24) is 10.1 Å². The molecule has 1 unspecified atom stereocenters. The number of nitrogens with zero attached hydrogens (tertiary/aromatic N) is 2. The van der Waals surface area contributed by atoms with Crippen molar-refractivity contribution in [2.75, 3.05) is 11.9 Å². The predicted molar refractivity (Wildman–Crippen MR) is 78.3 cm³/mol. The van der Waals surface area contributed by atoms with Crippen LogP contribution in [0.2, 0.25) is 0 Å². The molecule has 0 saturated carbocycles. The Morgan fingerprint density at radius 3 is 2.65 bits per heavy atom. The monoisotopic (exact) mass is 275 g/mol. The van der Waals surface area contributed by atoms with Crippen LogP contribution in [0.15, 0.2) is 34.9 Å². The lowest BCUT2D eigenvalue weighted by Gasteiger charge is -2.25. The van der Waals surface area contributed by atoms with Gasteiger partial charge in [-0.25, -0.2) is 0 Å². The van der Waals surface area contributed by atoms with E-state index in [0.29, 0.717) is 24.8 Å². The molecule has 1 aromatic carbocycles. The second kappa shape index (κ2) is 6.05. The normalized spacial score (nSPS) is 13.2. The molecule has 2 rings (SSSR count). The zero-order chi connectivity index (χ0) is 14.6. The van der Waals surface area contributed by atoms with Gasteiger partial charge in [0, 0.05) is 12.1 Å². The molecule has 20 heavy (non-hydrogen) atoms. The fourth-order valence-corrected chi connectivity index (χ4v) is 2.18. The predicted octanol–water partition coefficient (Wildman–Crippen LogP) is 2.95. The molecular formula is C15H21N3O2. The van der Waals surface area contributed by atoms with E-state index in [0.717, 1.165) is 5.56 Å². The maximum atomic E-state index is 9.46. The lowest BCUT2D eigenvalue weighted by Crippen LogP contribution is -2.27. The Bertz CT molecular complexity index is 535. The van der Waals surface area contributed by atoms with Crippen molar-refractivity contribution >= 4 is 5.95 Å². The summed E-state index contributed by atoms with van der Waals surface area (Å²) >= 11 is 0. The number of aromatic nitrogens is 2. The van der Waals surface area contributed by atoms with Gasteiger partial charge in [-0.05, 0) is 36.0 Å². The maximum Gasteiger partial charge on any atom is 0.263 e. The van der Waals surface area contributed by atoms with Gasteiger partial charge in [0.1, 0.15) is 0 Å². The van der Waals surface area contributed by atoms with Crippen molar-refractivity contribution in [3.63, 3.8) is 0 Å². The third kappa shape index (κ3) is 4.06. The van der Waals surface area contributed by atoms with E-state index in [-0.39, 0.29) is 11.5 Å². The average molecular weight is 275 g/mol. The van der Waals surface area contributed by atoms with Gasteiger partial charge in [-0.1, -0.05) is 32.0 Å². The number of nitrogens with one attached hydrogen (secondary N) is 1. The van der Waals surface area contributed by atoms with E-state index in [1.165, 1.54) is 0 Å². The highest BCUT2D eigenvalue weighted by Gasteiger charge is 2.21. The summed E-state index contributed by atoms with van der Waals surface area (Å²) in [6, 6.07) is 9.65. The zero-order valence-corrected chi connectivity index (χ0v) is 12.1. The van der Waals surface area contributed by atoms with Gasteiger partial charge in [0.15, 0.2) is 0 Å². The van der Waals surface area contributed by atoms with Gasteiger partial charge in [-0.3, -0.25) is 0 Å². The first-order valence-corrected chi connectivity index (χ1v) is 6.77. The minimum Gasteiger partial charge on any atom is -0.393 e. The number of benzene rings is 1. The molecule has 0 radical (unpaired) electrons. The molecule has 0 spiro atoms. The van der Waals surface area contributed by atoms with Crippen LogP contribution in [-0.2, 0) is 0 Å². The summed E-state index contributed by atoms with van der Waals surface area (Å²) in [6.45, 7) is 6.64. The molecular weight excluding hydrogens is 254 g/mol. The van der Waals surface area contributed by atoms with E-state index < -0.39 is 0 Å². The fraction of sp³-hybridized carbons (Fsp3) is 0.467. The van der Waals surface area contributed by atoms with Crippen LogP contribution >= 0.6 is 0 Å². The number of anilines is 1. The summed E-state index contributed by atoms with van der Waals surface area (Å²) in [5.74, 6) is 0.976. The molecule has 2 aromatic rings. The molecule has 0 aliphatic rings. The van der Waals surface area contributed by atoms with E-state index in [9.17, 15) is 5.11 Å². The Hall–Kier alpha value is -1.88. The molecule has 2 N–H and O–H groups in total. The number of hydrogen-bond donors (Lipinski definition) is 2. The van der Waals surface area contributed by atoms with Gasteiger partial charge >= 0.3 is 0 Å². The average Bonchev–Trinajstić information content (AvgIpc) is 2.85. The van der Waals surface area contributed by atoms with Crippen molar-refractivity contribution in [3.8, 4) is 11.5 Å². The Labute approximate surface area is 119 Å². The second-order valence-corrected chi connectivity index (χ2v) is 5.86. The van der Waals surface area contributed by atoms with Crippen molar-refractivity contribution in [2.45, 2.75) is 33.3 Å². The van der Waals surface area contributed by atoms with E-state index in [1.807, 2.05) is 30.3 Å². The van der Waals surface area contributed by atoms with Crippen LogP contribution in [0.5, 0.6) is 0 Å². The van der Waals surface area contributed by atoms with Gasteiger partial charge in [0.05, 0.1) is 6.10 Å². The first kappa shape index (κ1) is 14.5. The van der Waals surface area contributed by atoms with E-state index >= 15 is 0 Å². The molecule has 1 atom stereocenters. The van der Waals surface area contributed by atoms with Crippen molar-refractivity contribution in [3.05, 3.63) is 30.3 Å². The van der Waals surface area contributed by atoms with Gasteiger partial charge in [0.2, 0.25) is 0 Å². The molecule has 0 aliphatic carbocycles. The highest BCUT2D eigenvalue weighted by molar-refractivity contribution is 5.53. The third-order valence-corrected chi connectivity index (χ3v) is 3.02. The second-order valence-electron chi connectivity index (χ2n) is 5.86. The number of aliphatic hydroxyl groups excluding tert-OH is 1. The summed E-state index contributed by atoms with van der Waals surface area (Å²) in [7, 11) is 0. The lowest BCUT2D eigenvalue weighted by molar-refractivity contribution is 0.135. The number of aliphatic hydroxyl groups is 1. The largest absolute Gasteiger partial charge is 0.393 e. The van der Waals surface area contributed by atoms with Crippen LogP contribution in [-0.4, -0.2) is 27.9 Å². The van der Waals surface area contributed by atoms with Crippen LogP contribution in [0.4, 0.5) is 5.95 Å². The number of rotatable bonds is 6. The number of hydrogen-bond acceptors (Lipinski definition) is 5. The van der Waals surface area contributed by atoms with Crippen molar-refractivity contribution in [1.29, 1.82) is 0 Å². The van der Waals surface area contributed by atoms with Gasteiger partial charge in [0.25, 0.3) is 11.8 Å². The Kier molecular flexibility index (Phi) is 4.39. The van der Waals surface area contributed by atoms with E-state index in [4.69, 9.17) is 4.52 Å². The molecule has 5 nitrogen and oxygen atoms in total. The highest BCUT2D eigenvalue weighted by Crippen LogP contribution is 2.23. The fourth-order valence-electron chi connectivity index (χ4n) is 2.18. The molecule has 0 aliphatic heterocycles. The van der Waals surface area contributed by atoms with Crippen LogP contribution < -0.4 is 5.32 Å². The first-order valence-electron chi connectivity index (χ1n) is 6.77. The van der Waals surface area contributed by atoms with Gasteiger partial charge < -0.3 is 14.9 Å². The standard InChI is InChI=1S/C15H21N3O2/c1-11(19)9-15(2,3)10-16-14-17-13(20-18-14)12-7-5-4-6-8-12/h4-8,11,19H,9-10H2,1-3H3,(H,16,18). The SMILES string of the molecule is CC(O)CC(C)(C)CNc1noc(-c2ccccc2)n1. The molecule has 0 saturated heterocycles. The topological polar surface area (TPSA) is 71.2 Å². The zero-order valence-electron chi connectivity index (χ0n) is 12.1. The summed E-state index contributed by atoms with van der Waals surface area (Å²) in [5.41, 5.74) is 0.859. The van der Waals surface area contributed by atoms with Crippen molar-refractivity contribution < 1.29 is 9.63 Å². The molecule has 5 heteroatoms. The molecule has 0 amide bonds. The highest BCUT2D eigenvalue weighted by atomic mass is 16.5. The summed E-state index contributed by atoms with van der Waals surface area (Å²) in [6.07, 6.45) is 0.389. The molecule has 0 fully saturated rings. The Morgan fingerprint density at radius 2 is 2.00 bits per heavy atom. The van der Waals surface area contributed by atoms with Gasteiger partial charge in [-0.15, -0.1) is 0 Å². The molecule has 1 aromatic heterocycles. The van der Waals surface area contributed by atoms with Crippen LogP contribution in [0.1, 0.15) is 27.2 Å². The molecule has 1 heterocycles.